The molecule has 4 heterocycles. The van der Waals surface area contributed by atoms with E-state index < -0.39 is 11.6 Å². The molecular weight excluding hydrogens is 602 g/mol. The molecule has 2 aromatic heterocycles. The van der Waals surface area contributed by atoms with Crippen LogP contribution in [0.25, 0.3) is 16.7 Å². The molecule has 5 aromatic rings. The molecule has 0 aliphatic carbocycles. The van der Waals surface area contributed by atoms with Gasteiger partial charge in [0.15, 0.2) is 0 Å². The van der Waals surface area contributed by atoms with Crippen LogP contribution in [0.4, 0.5) is 20.4 Å². The summed E-state index contributed by atoms with van der Waals surface area (Å²) in [6, 6.07) is 23.1. The number of hydrogen-bond donors (Lipinski definition) is 1. The molecule has 1 atom stereocenters. The van der Waals surface area contributed by atoms with Crippen molar-refractivity contribution in [3.8, 4) is 5.69 Å². The third-order valence-corrected chi connectivity index (χ3v) is 8.74. The lowest BCUT2D eigenvalue weighted by Gasteiger charge is -2.35. The summed E-state index contributed by atoms with van der Waals surface area (Å²) >= 11 is 0. The van der Waals surface area contributed by atoms with Crippen molar-refractivity contribution < 1.29 is 23.0 Å². The van der Waals surface area contributed by atoms with Crippen molar-refractivity contribution in [1.29, 1.82) is 0 Å². The van der Waals surface area contributed by atoms with Gasteiger partial charge in [0.25, 0.3) is 0 Å². The first-order chi connectivity index (χ1) is 23.1. The Morgan fingerprint density at radius 3 is 2.45 bits per heavy atom. The van der Waals surface area contributed by atoms with Crippen molar-refractivity contribution in [1.82, 2.24) is 24.3 Å². The number of benzene rings is 3. The Hall–Kier alpha value is -4.26. The van der Waals surface area contributed by atoms with Crippen LogP contribution in [-0.4, -0.2) is 83.5 Å². The number of hydrogen-bond acceptors (Lipinski definition) is 8. The van der Waals surface area contributed by atoms with E-state index in [-0.39, 0.29) is 18.2 Å². The molecule has 244 valence electrons. The van der Waals surface area contributed by atoms with Crippen molar-refractivity contribution >= 4 is 22.7 Å². The van der Waals surface area contributed by atoms with E-state index in [4.69, 9.17) is 19.2 Å². The van der Waals surface area contributed by atoms with Gasteiger partial charge < -0.3 is 24.1 Å². The van der Waals surface area contributed by atoms with Gasteiger partial charge in [0.1, 0.15) is 17.3 Å². The van der Waals surface area contributed by atoms with Crippen LogP contribution in [0.5, 0.6) is 0 Å². The predicted molar refractivity (Wildman–Crippen MR) is 176 cm³/mol. The van der Waals surface area contributed by atoms with E-state index in [9.17, 15) is 0 Å². The lowest BCUT2D eigenvalue weighted by atomic mass is 10.0. The Bertz CT molecular complexity index is 1760. The zero-order chi connectivity index (χ0) is 32.0. The summed E-state index contributed by atoms with van der Waals surface area (Å²) in [6.07, 6.45) is 3.45. The maximum absolute atomic E-state index is 15.2. The summed E-state index contributed by atoms with van der Waals surface area (Å²) in [6.45, 7) is 6.87. The summed E-state index contributed by atoms with van der Waals surface area (Å²) in [5.74, 6) is -0.779. The van der Waals surface area contributed by atoms with E-state index in [1.807, 2.05) is 41.3 Å². The van der Waals surface area contributed by atoms with Gasteiger partial charge in [-0.2, -0.15) is 4.98 Å². The van der Waals surface area contributed by atoms with Crippen molar-refractivity contribution in [3.05, 3.63) is 114 Å². The number of halogens is 2. The molecule has 3 aromatic carbocycles. The number of nitrogens with one attached hydrogen (secondary N) is 1. The summed E-state index contributed by atoms with van der Waals surface area (Å²) < 4.78 is 49.2. The molecule has 0 radical (unpaired) electrons. The average Bonchev–Trinajstić information content (AvgIpc) is 3.53. The summed E-state index contributed by atoms with van der Waals surface area (Å²) in [5, 5.41) is 4.03. The molecule has 1 N–H and O–H groups in total. The van der Waals surface area contributed by atoms with Crippen LogP contribution in [0.2, 0.25) is 0 Å². The molecule has 2 aliphatic heterocycles. The number of ether oxygens (including phenoxy) is 3. The largest absolute Gasteiger partial charge is 0.379 e. The van der Waals surface area contributed by atoms with Gasteiger partial charge in [-0.1, -0.05) is 42.5 Å². The van der Waals surface area contributed by atoms with Gasteiger partial charge in [0.05, 0.1) is 51.4 Å². The van der Waals surface area contributed by atoms with Gasteiger partial charge in [-0.25, -0.2) is 13.8 Å². The fraction of sp³-hybridized carbons (Fsp3) is 0.333. The zero-order valence-corrected chi connectivity index (χ0v) is 26.2. The number of fused-ring (bicyclic) bond motifs is 1. The topological polar surface area (TPSA) is 76.9 Å². The number of anilines is 2. The highest BCUT2D eigenvalue weighted by Gasteiger charge is 2.24. The van der Waals surface area contributed by atoms with E-state index in [0.717, 1.165) is 29.7 Å². The van der Waals surface area contributed by atoms with Crippen molar-refractivity contribution in [2.45, 2.75) is 19.2 Å². The zero-order valence-electron chi connectivity index (χ0n) is 26.2. The van der Waals surface area contributed by atoms with Gasteiger partial charge in [-0.3, -0.25) is 9.80 Å². The van der Waals surface area contributed by atoms with Crippen molar-refractivity contribution in [3.63, 3.8) is 0 Å². The maximum Gasteiger partial charge on any atom is 0.229 e. The third kappa shape index (κ3) is 7.50. The Morgan fingerprint density at radius 2 is 1.66 bits per heavy atom. The number of rotatable bonds is 11. The first-order valence-electron chi connectivity index (χ1n) is 16.0. The SMILES string of the molecule is Fc1cc(-n2ccc3cnc(Nc4ccc(C5COCCN5CCOCc5ccccc5)cc4)nc32)cc(F)c1CN1CCOCC1. The molecule has 0 amide bonds. The van der Waals surface area contributed by atoms with E-state index in [2.05, 4.69) is 39.5 Å². The summed E-state index contributed by atoms with van der Waals surface area (Å²) in [7, 11) is 0. The van der Waals surface area contributed by atoms with Crippen LogP contribution in [0.1, 0.15) is 22.7 Å². The Balaban J connectivity index is 1.01. The van der Waals surface area contributed by atoms with Gasteiger partial charge in [-0.15, -0.1) is 0 Å². The summed E-state index contributed by atoms with van der Waals surface area (Å²) in [5.41, 5.74) is 4.12. The second kappa shape index (κ2) is 14.7. The Morgan fingerprint density at radius 1 is 0.894 bits per heavy atom. The first-order valence-corrected chi connectivity index (χ1v) is 16.0. The molecule has 0 bridgehead atoms. The van der Waals surface area contributed by atoms with Crippen LogP contribution < -0.4 is 5.32 Å². The van der Waals surface area contributed by atoms with E-state index in [1.165, 1.54) is 17.7 Å². The molecule has 1 unspecified atom stereocenters. The molecule has 0 saturated carbocycles. The van der Waals surface area contributed by atoms with Crippen LogP contribution in [0, 0.1) is 11.6 Å². The Labute approximate surface area is 272 Å². The van der Waals surface area contributed by atoms with Gasteiger partial charge in [0.2, 0.25) is 5.95 Å². The fourth-order valence-corrected chi connectivity index (χ4v) is 6.13. The molecular formula is C36H38F2N6O3. The molecule has 0 spiro atoms. The number of aromatic nitrogens is 3. The van der Waals surface area contributed by atoms with Crippen molar-refractivity contribution in [2.75, 3.05) is 64.5 Å². The molecule has 2 saturated heterocycles. The number of morpholine rings is 2. The van der Waals surface area contributed by atoms with Gasteiger partial charge in [-0.05, 0) is 41.5 Å². The highest BCUT2D eigenvalue weighted by Crippen LogP contribution is 2.28. The van der Waals surface area contributed by atoms with Crippen LogP contribution >= 0.6 is 0 Å². The van der Waals surface area contributed by atoms with Gasteiger partial charge in [0, 0.05) is 61.8 Å². The molecule has 7 rings (SSSR count). The smallest absolute Gasteiger partial charge is 0.229 e. The maximum atomic E-state index is 15.2. The van der Waals surface area contributed by atoms with Gasteiger partial charge >= 0.3 is 0 Å². The summed E-state index contributed by atoms with van der Waals surface area (Å²) in [4.78, 5) is 13.6. The number of nitrogens with zero attached hydrogens (tertiary/aromatic N) is 5. The Kier molecular flexibility index (Phi) is 9.78. The standard InChI is InChI=1S/C36H38F2N6O3/c37-32-20-30(21-33(38)31(32)23-42-12-16-45-17-13-42)44-11-10-28-22-39-36(41-35(28)44)40-29-8-6-27(7-9-29)34-25-47-19-15-43(34)14-18-46-24-26-4-2-1-3-5-26/h1-11,20-22,34H,12-19,23-25H2,(H,39,40,41). The van der Waals surface area contributed by atoms with Crippen LogP contribution in [-0.2, 0) is 27.4 Å². The minimum absolute atomic E-state index is 0.0619. The lowest BCUT2D eigenvalue weighted by molar-refractivity contribution is -0.0228. The minimum Gasteiger partial charge on any atom is -0.379 e. The highest BCUT2D eigenvalue weighted by molar-refractivity contribution is 5.78. The van der Waals surface area contributed by atoms with Crippen molar-refractivity contribution in [2.24, 2.45) is 0 Å². The monoisotopic (exact) mass is 640 g/mol. The van der Waals surface area contributed by atoms with E-state index in [1.54, 1.807) is 17.0 Å². The van der Waals surface area contributed by atoms with Crippen LogP contribution in [0.15, 0.2) is 85.2 Å². The van der Waals surface area contributed by atoms with Crippen LogP contribution in [0.3, 0.4) is 0 Å². The molecule has 47 heavy (non-hydrogen) atoms. The van der Waals surface area contributed by atoms with E-state index in [0.29, 0.717) is 70.0 Å². The highest BCUT2D eigenvalue weighted by atomic mass is 19.1. The lowest BCUT2D eigenvalue weighted by Crippen LogP contribution is -2.41. The molecule has 11 heteroatoms. The quantitative estimate of drug-likeness (QED) is 0.180. The normalized spacial score (nSPS) is 17.7. The first kappa shape index (κ1) is 31.3. The molecule has 2 aliphatic rings. The third-order valence-electron chi connectivity index (χ3n) is 8.74. The molecule has 2 fully saturated rings. The minimum atomic E-state index is -0.581. The molecule has 9 nitrogen and oxygen atoms in total. The fourth-order valence-electron chi connectivity index (χ4n) is 6.13. The second-order valence-electron chi connectivity index (χ2n) is 11.8. The predicted octanol–water partition coefficient (Wildman–Crippen LogP) is 5.86. The second-order valence-corrected chi connectivity index (χ2v) is 11.8. The van der Waals surface area contributed by atoms with E-state index >= 15 is 8.78 Å². The average molecular weight is 641 g/mol.